The Labute approximate surface area is 151 Å². The Bertz CT molecular complexity index is 648. The minimum Gasteiger partial charge on any atom is -0.426 e. The summed E-state index contributed by atoms with van der Waals surface area (Å²) in [6.07, 6.45) is 3.13. The van der Waals surface area contributed by atoms with E-state index in [9.17, 15) is 24.0 Å². The third-order valence-corrected chi connectivity index (χ3v) is 4.10. The van der Waals surface area contributed by atoms with Crippen molar-refractivity contribution in [3.05, 3.63) is 18.3 Å². The van der Waals surface area contributed by atoms with Gasteiger partial charge in [-0.3, -0.25) is 9.59 Å². The van der Waals surface area contributed by atoms with Gasteiger partial charge in [0, 0.05) is 6.54 Å². The summed E-state index contributed by atoms with van der Waals surface area (Å²) in [5.41, 5.74) is 0. The van der Waals surface area contributed by atoms with Crippen LogP contribution in [0.3, 0.4) is 0 Å². The standard InChI is InChI=1S/C15H23BFN5O4/c1-9(2)5-12(16(25)26)21-13(23)7-19-15(24)11-3-4-22(11)14-10(17)6-18-8-20-14/h6,8-9,11-12,25-26H,3-5,7H2,1-2H3,(H,19,24)(H,21,23)/t11-,12+/m0/s1. The van der Waals surface area contributed by atoms with Crippen LogP contribution in [0.25, 0.3) is 0 Å². The Kier molecular flexibility index (Phi) is 6.87. The van der Waals surface area contributed by atoms with Gasteiger partial charge in [-0.15, -0.1) is 0 Å². The second-order valence-electron chi connectivity index (χ2n) is 6.63. The molecular formula is C15H23BFN5O4. The molecular weight excluding hydrogens is 344 g/mol. The lowest BCUT2D eigenvalue weighted by molar-refractivity contribution is -0.127. The van der Waals surface area contributed by atoms with Crippen molar-refractivity contribution in [1.82, 2.24) is 20.6 Å². The zero-order valence-electron chi connectivity index (χ0n) is 14.7. The molecule has 2 atom stereocenters. The van der Waals surface area contributed by atoms with E-state index in [0.29, 0.717) is 19.4 Å². The molecule has 1 aromatic rings. The van der Waals surface area contributed by atoms with Crippen LogP contribution in [0.2, 0.25) is 0 Å². The highest BCUT2D eigenvalue weighted by molar-refractivity contribution is 6.43. The Morgan fingerprint density at radius 1 is 1.46 bits per heavy atom. The van der Waals surface area contributed by atoms with Crippen LogP contribution >= 0.6 is 0 Å². The number of nitrogens with zero attached hydrogens (tertiary/aromatic N) is 3. The smallest absolute Gasteiger partial charge is 0.426 e. The summed E-state index contributed by atoms with van der Waals surface area (Å²) < 4.78 is 13.7. The number of aromatic nitrogens is 2. The monoisotopic (exact) mass is 367 g/mol. The molecule has 1 aliphatic rings. The molecule has 0 saturated carbocycles. The van der Waals surface area contributed by atoms with Gasteiger partial charge in [0.15, 0.2) is 11.6 Å². The van der Waals surface area contributed by atoms with Gasteiger partial charge in [0.2, 0.25) is 11.8 Å². The van der Waals surface area contributed by atoms with Crippen molar-refractivity contribution in [1.29, 1.82) is 0 Å². The second kappa shape index (κ2) is 8.90. The lowest BCUT2D eigenvalue weighted by Crippen LogP contribution is -2.58. The minimum atomic E-state index is -1.68. The van der Waals surface area contributed by atoms with Crippen molar-refractivity contribution >= 4 is 24.8 Å². The van der Waals surface area contributed by atoms with E-state index >= 15 is 0 Å². The van der Waals surface area contributed by atoms with Crippen LogP contribution in [0, 0.1) is 11.7 Å². The highest BCUT2D eigenvalue weighted by atomic mass is 19.1. The largest absolute Gasteiger partial charge is 0.475 e. The molecule has 0 unspecified atom stereocenters. The maximum Gasteiger partial charge on any atom is 0.475 e. The zero-order chi connectivity index (χ0) is 19.3. The van der Waals surface area contributed by atoms with E-state index in [1.165, 1.54) is 11.2 Å². The Hall–Kier alpha value is -2.27. The molecule has 26 heavy (non-hydrogen) atoms. The maximum atomic E-state index is 13.7. The molecule has 2 amide bonds. The fourth-order valence-electron chi connectivity index (χ4n) is 2.74. The van der Waals surface area contributed by atoms with Crippen molar-refractivity contribution in [3.63, 3.8) is 0 Å². The third-order valence-electron chi connectivity index (χ3n) is 4.10. The van der Waals surface area contributed by atoms with Crippen molar-refractivity contribution < 1.29 is 24.0 Å². The molecule has 142 valence electrons. The third kappa shape index (κ3) is 5.12. The number of halogens is 1. The molecule has 9 nitrogen and oxygen atoms in total. The van der Waals surface area contributed by atoms with E-state index < -0.39 is 36.7 Å². The number of anilines is 1. The zero-order valence-corrected chi connectivity index (χ0v) is 14.7. The van der Waals surface area contributed by atoms with Crippen molar-refractivity contribution in [2.45, 2.75) is 38.7 Å². The fraction of sp³-hybridized carbons (Fsp3) is 0.600. The summed E-state index contributed by atoms with van der Waals surface area (Å²) in [4.78, 5) is 33.1. The van der Waals surface area contributed by atoms with Crippen molar-refractivity contribution in [3.8, 4) is 0 Å². The van der Waals surface area contributed by atoms with Crippen LogP contribution in [0.5, 0.6) is 0 Å². The van der Waals surface area contributed by atoms with Crippen LogP contribution in [-0.4, -0.2) is 64.0 Å². The van der Waals surface area contributed by atoms with E-state index in [0.717, 1.165) is 6.20 Å². The van der Waals surface area contributed by atoms with E-state index in [2.05, 4.69) is 20.6 Å². The van der Waals surface area contributed by atoms with E-state index in [4.69, 9.17) is 0 Å². The number of amides is 2. The first-order chi connectivity index (χ1) is 12.3. The van der Waals surface area contributed by atoms with E-state index in [-0.39, 0.29) is 18.3 Å². The predicted molar refractivity (Wildman–Crippen MR) is 92.3 cm³/mol. The Morgan fingerprint density at radius 3 is 2.73 bits per heavy atom. The van der Waals surface area contributed by atoms with Crippen LogP contribution in [0.15, 0.2) is 12.5 Å². The molecule has 2 heterocycles. The predicted octanol–water partition coefficient (Wildman–Crippen LogP) is -1.15. The highest BCUT2D eigenvalue weighted by Crippen LogP contribution is 2.26. The SMILES string of the molecule is CC(C)C[C@@H](NC(=O)CNC(=O)[C@@H]1CCN1c1ncncc1F)B(O)O. The molecule has 0 spiro atoms. The average Bonchev–Trinajstić information content (AvgIpc) is 2.53. The van der Waals surface area contributed by atoms with Crippen LogP contribution in [-0.2, 0) is 9.59 Å². The summed E-state index contributed by atoms with van der Waals surface area (Å²) in [5.74, 6) is -2.17. The topological polar surface area (TPSA) is 128 Å². The van der Waals surface area contributed by atoms with Gasteiger partial charge in [-0.1, -0.05) is 13.8 Å². The normalized spacial score (nSPS) is 17.5. The molecule has 4 N–H and O–H groups in total. The van der Waals surface area contributed by atoms with Gasteiger partial charge in [0.25, 0.3) is 0 Å². The van der Waals surface area contributed by atoms with Gasteiger partial charge < -0.3 is 25.6 Å². The van der Waals surface area contributed by atoms with Crippen LogP contribution in [0.1, 0.15) is 26.7 Å². The number of carbonyl (C=O) groups excluding carboxylic acids is 2. The molecule has 1 aromatic heterocycles. The summed E-state index contributed by atoms with van der Waals surface area (Å²) in [6.45, 7) is 3.95. The molecule has 1 saturated heterocycles. The molecule has 11 heteroatoms. The summed E-state index contributed by atoms with van der Waals surface area (Å²) in [6, 6.07) is -0.609. The summed E-state index contributed by atoms with van der Waals surface area (Å²) in [5, 5.41) is 23.6. The Morgan fingerprint density at radius 2 is 2.19 bits per heavy atom. The lowest BCUT2D eigenvalue weighted by Gasteiger charge is -2.40. The average molecular weight is 367 g/mol. The molecule has 1 aliphatic heterocycles. The molecule has 2 rings (SSSR count). The molecule has 0 aromatic carbocycles. The van der Waals surface area contributed by atoms with Crippen LogP contribution in [0.4, 0.5) is 10.2 Å². The van der Waals surface area contributed by atoms with Gasteiger partial charge in [-0.2, -0.15) is 0 Å². The number of nitrogens with one attached hydrogen (secondary N) is 2. The molecule has 0 aliphatic carbocycles. The van der Waals surface area contributed by atoms with Gasteiger partial charge in [-0.05, 0) is 18.8 Å². The number of carbonyl (C=O) groups is 2. The summed E-state index contributed by atoms with van der Waals surface area (Å²) >= 11 is 0. The van der Waals surface area contributed by atoms with E-state index in [1.807, 2.05) is 13.8 Å². The second-order valence-corrected chi connectivity index (χ2v) is 6.63. The first-order valence-electron chi connectivity index (χ1n) is 8.45. The Balaban J connectivity index is 1.84. The number of rotatable bonds is 8. The minimum absolute atomic E-state index is 0.0521. The van der Waals surface area contributed by atoms with Crippen molar-refractivity contribution in [2.24, 2.45) is 5.92 Å². The van der Waals surface area contributed by atoms with Crippen molar-refractivity contribution in [2.75, 3.05) is 18.0 Å². The molecule has 1 fully saturated rings. The first kappa shape index (κ1) is 20.1. The van der Waals surface area contributed by atoms with Crippen LogP contribution < -0.4 is 15.5 Å². The first-order valence-corrected chi connectivity index (χ1v) is 8.45. The molecule has 0 bridgehead atoms. The number of hydrogen-bond donors (Lipinski definition) is 4. The maximum absolute atomic E-state index is 13.7. The summed E-state index contributed by atoms with van der Waals surface area (Å²) in [7, 11) is -1.68. The fourth-order valence-corrected chi connectivity index (χ4v) is 2.74. The molecule has 0 radical (unpaired) electrons. The van der Waals surface area contributed by atoms with Gasteiger partial charge in [0.1, 0.15) is 12.4 Å². The van der Waals surface area contributed by atoms with Gasteiger partial charge in [-0.25, -0.2) is 14.4 Å². The van der Waals surface area contributed by atoms with Gasteiger partial charge >= 0.3 is 7.12 Å². The van der Waals surface area contributed by atoms with Gasteiger partial charge in [0.05, 0.1) is 18.7 Å². The van der Waals surface area contributed by atoms with E-state index in [1.54, 1.807) is 0 Å². The quantitative estimate of drug-likeness (QED) is 0.428. The lowest BCUT2D eigenvalue weighted by atomic mass is 9.75. The highest BCUT2D eigenvalue weighted by Gasteiger charge is 2.36. The number of hydrogen-bond acceptors (Lipinski definition) is 7.